The van der Waals surface area contributed by atoms with Crippen LogP contribution in [0.2, 0.25) is 5.02 Å². The van der Waals surface area contributed by atoms with Gasteiger partial charge in [0.15, 0.2) is 17.8 Å². The van der Waals surface area contributed by atoms with Gasteiger partial charge in [-0.05, 0) is 12.5 Å². The van der Waals surface area contributed by atoms with Crippen molar-refractivity contribution in [1.29, 1.82) is 0 Å². The first-order valence-corrected chi connectivity index (χ1v) is 5.32. The number of carbonyl (C=O) groups excluding carboxylic acids is 1. The number of ether oxygens (including phenoxy) is 2. The maximum absolute atomic E-state index is 10.9. The molecule has 86 valence electrons. The van der Waals surface area contributed by atoms with Gasteiger partial charge in [-0.3, -0.25) is 4.79 Å². The van der Waals surface area contributed by atoms with Crippen LogP contribution in [0.25, 0.3) is 0 Å². The van der Waals surface area contributed by atoms with Crippen molar-refractivity contribution in [3.63, 3.8) is 0 Å². The number of fused-ring (bicyclic) bond motifs is 1. The van der Waals surface area contributed by atoms with Crippen molar-refractivity contribution in [2.45, 2.75) is 6.42 Å². The summed E-state index contributed by atoms with van der Waals surface area (Å²) in [4.78, 5) is 10.9. The van der Waals surface area contributed by atoms with E-state index in [1.54, 1.807) is 6.07 Å². The van der Waals surface area contributed by atoms with Gasteiger partial charge in [-0.25, -0.2) is 0 Å². The molecule has 4 nitrogen and oxygen atoms in total. The molecule has 16 heavy (non-hydrogen) atoms. The van der Waals surface area contributed by atoms with Gasteiger partial charge in [0.2, 0.25) is 0 Å². The van der Waals surface area contributed by atoms with Gasteiger partial charge >= 0.3 is 0 Å². The van der Waals surface area contributed by atoms with Crippen molar-refractivity contribution in [3.05, 3.63) is 22.2 Å². The van der Waals surface area contributed by atoms with E-state index in [0.29, 0.717) is 48.0 Å². The third-order valence-corrected chi connectivity index (χ3v) is 2.69. The maximum Gasteiger partial charge on any atom is 0.173 e. The molecule has 0 atom stereocenters. The topological polar surface area (TPSA) is 55.8 Å². The van der Waals surface area contributed by atoms with Crippen LogP contribution in [0, 0.1) is 0 Å². The standard InChI is InChI=1S/C11H11ClO4/c12-9-5-7(1-2-13)10-11(8(9)6-14)16-4-3-15-10/h5-6,13H,1-4H2. The zero-order valence-corrected chi connectivity index (χ0v) is 9.29. The highest BCUT2D eigenvalue weighted by Gasteiger charge is 2.22. The van der Waals surface area contributed by atoms with Crippen LogP contribution in [-0.2, 0) is 6.42 Å². The predicted octanol–water partition coefficient (Wildman–Crippen LogP) is 1.46. The van der Waals surface area contributed by atoms with Crippen molar-refractivity contribution in [1.82, 2.24) is 0 Å². The molecule has 0 aliphatic carbocycles. The van der Waals surface area contributed by atoms with Gasteiger partial charge in [-0.2, -0.15) is 0 Å². The Bertz CT molecular complexity index is 417. The van der Waals surface area contributed by atoms with Crippen LogP contribution in [0.5, 0.6) is 11.5 Å². The van der Waals surface area contributed by atoms with Gasteiger partial charge in [0, 0.05) is 12.2 Å². The fraction of sp³-hybridized carbons (Fsp3) is 0.364. The Kier molecular flexibility index (Phi) is 3.31. The zero-order chi connectivity index (χ0) is 11.5. The van der Waals surface area contributed by atoms with E-state index in [4.69, 9.17) is 26.2 Å². The summed E-state index contributed by atoms with van der Waals surface area (Å²) >= 11 is 5.95. The molecule has 0 saturated heterocycles. The molecule has 0 saturated carbocycles. The van der Waals surface area contributed by atoms with Crippen LogP contribution in [0.4, 0.5) is 0 Å². The minimum absolute atomic E-state index is 0.00738. The molecule has 0 bridgehead atoms. The average molecular weight is 243 g/mol. The first-order chi connectivity index (χ1) is 7.77. The lowest BCUT2D eigenvalue weighted by Crippen LogP contribution is -2.18. The molecule has 0 spiro atoms. The summed E-state index contributed by atoms with van der Waals surface area (Å²) in [6.07, 6.45) is 1.07. The number of hydrogen-bond donors (Lipinski definition) is 1. The van der Waals surface area contributed by atoms with Crippen LogP contribution in [0.3, 0.4) is 0 Å². The number of aliphatic hydroxyl groups is 1. The predicted molar refractivity (Wildman–Crippen MR) is 58.6 cm³/mol. The molecule has 1 aromatic rings. The highest BCUT2D eigenvalue weighted by molar-refractivity contribution is 6.33. The van der Waals surface area contributed by atoms with Gasteiger partial charge in [-0.15, -0.1) is 0 Å². The van der Waals surface area contributed by atoms with Crippen LogP contribution in [0.15, 0.2) is 6.07 Å². The number of rotatable bonds is 3. The van der Waals surface area contributed by atoms with Crippen LogP contribution >= 0.6 is 11.6 Å². The van der Waals surface area contributed by atoms with Gasteiger partial charge in [0.05, 0.1) is 10.6 Å². The van der Waals surface area contributed by atoms with Gasteiger partial charge < -0.3 is 14.6 Å². The SMILES string of the molecule is O=Cc1c(Cl)cc(CCO)c2c1OCCO2. The second-order valence-corrected chi connectivity index (χ2v) is 3.79. The van der Waals surface area contributed by atoms with Gasteiger partial charge in [0.1, 0.15) is 13.2 Å². The molecular formula is C11H11ClO4. The molecule has 5 heteroatoms. The highest BCUT2D eigenvalue weighted by atomic mass is 35.5. The van der Waals surface area contributed by atoms with E-state index in [9.17, 15) is 4.79 Å². The lowest BCUT2D eigenvalue weighted by molar-refractivity contribution is 0.111. The third kappa shape index (κ3) is 1.86. The van der Waals surface area contributed by atoms with Gasteiger partial charge in [0.25, 0.3) is 0 Å². The second kappa shape index (κ2) is 4.72. The first-order valence-electron chi connectivity index (χ1n) is 4.95. The summed E-state index contributed by atoms with van der Waals surface area (Å²) in [5.41, 5.74) is 1.06. The van der Waals surface area contributed by atoms with E-state index < -0.39 is 0 Å². The summed E-state index contributed by atoms with van der Waals surface area (Å²) in [5, 5.41) is 9.25. The number of carbonyl (C=O) groups is 1. The summed E-state index contributed by atoms with van der Waals surface area (Å²) in [6, 6.07) is 1.63. The summed E-state index contributed by atoms with van der Waals surface area (Å²) in [5.74, 6) is 0.906. The molecule has 1 aliphatic rings. The average Bonchev–Trinajstić information content (AvgIpc) is 2.30. The van der Waals surface area contributed by atoms with E-state index in [2.05, 4.69) is 0 Å². The number of benzene rings is 1. The van der Waals surface area contributed by atoms with Crippen LogP contribution < -0.4 is 9.47 Å². The quantitative estimate of drug-likeness (QED) is 0.816. The Hall–Kier alpha value is -1.26. The number of halogens is 1. The smallest absolute Gasteiger partial charge is 0.173 e. The zero-order valence-electron chi connectivity index (χ0n) is 8.53. The minimum atomic E-state index is -0.00738. The number of aldehydes is 1. The van der Waals surface area contributed by atoms with E-state index in [1.165, 1.54) is 0 Å². The molecule has 0 amide bonds. The first kappa shape index (κ1) is 11.2. The molecule has 0 aromatic heterocycles. The normalized spacial score (nSPS) is 13.6. The molecule has 1 N–H and O–H groups in total. The Labute approximate surface area is 97.7 Å². The monoisotopic (exact) mass is 242 g/mol. The number of hydrogen-bond acceptors (Lipinski definition) is 4. The Morgan fingerprint density at radius 2 is 2.06 bits per heavy atom. The van der Waals surface area contributed by atoms with E-state index in [1.807, 2.05) is 0 Å². The van der Waals surface area contributed by atoms with Crippen molar-refractivity contribution in [2.75, 3.05) is 19.8 Å². The highest BCUT2D eigenvalue weighted by Crippen LogP contribution is 2.40. The van der Waals surface area contributed by atoms with Crippen molar-refractivity contribution < 1.29 is 19.4 Å². The summed E-state index contributed by atoms with van der Waals surface area (Å²) in [6.45, 7) is 0.824. The maximum atomic E-state index is 10.9. The van der Waals surface area contributed by atoms with E-state index >= 15 is 0 Å². The largest absolute Gasteiger partial charge is 0.486 e. The summed E-state index contributed by atoms with van der Waals surface area (Å²) in [7, 11) is 0. The summed E-state index contributed by atoms with van der Waals surface area (Å²) < 4.78 is 10.8. The molecule has 0 fully saturated rings. The van der Waals surface area contributed by atoms with Crippen molar-refractivity contribution in [2.24, 2.45) is 0 Å². The van der Waals surface area contributed by atoms with Crippen LogP contribution in [-0.4, -0.2) is 31.2 Å². The van der Waals surface area contributed by atoms with Crippen molar-refractivity contribution in [3.8, 4) is 11.5 Å². The lowest BCUT2D eigenvalue weighted by atomic mass is 10.1. The second-order valence-electron chi connectivity index (χ2n) is 3.38. The van der Waals surface area contributed by atoms with Crippen LogP contribution in [0.1, 0.15) is 15.9 Å². The molecule has 1 aliphatic heterocycles. The Morgan fingerprint density at radius 3 is 2.69 bits per heavy atom. The molecule has 0 radical (unpaired) electrons. The van der Waals surface area contributed by atoms with Crippen molar-refractivity contribution >= 4 is 17.9 Å². The number of aliphatic hydroxyl groups excluding tert-OH is 1. The molecule has 1 aromatic carbocycles. The van der Waals surface area contributed by atoms with Gasteiger partial charge in [-0.1, -0.05) is 11.6 Å². The van der Waals surface area contributed by atoms with E-state index in [-0.39, 0.29) is 6.61 Å². The molecule has 0 unspecified atom stereocenters. The Morgan fingerprint density at radius 1 is 1.38 bits per heavy atom. The fourth-order valence-corrected chi connectivity index (χ4v) is 1.94. The molecular weight excluding hydrogens is 232 g/mol. The third-order valence-electron chi connectivity index (χ3n) is 2.38. The Balaban J connectivity index is 2.57. The molecule has 1 heterocycles. The minimum Gasteiger partial charge on any atom is -0.486 e. The lowest BCUT2D eigenvalue weighted by Gasteiger charge is -2.22. The molecule has 2 rings (SSSR count). The fourth-order valence-electron chi connectivity index (χ4n) is 1.68. The van der Waals surface area contributed by atoms with E-state index in [0.717, 1.165) is 5.56 Å².